The Morgan fingerprint density at radius 1 is 1.31 bits per heavy atom. The van der Waals surface area contributed by atoms with Gasteiger partial charge < -0.3 is 0 Å². The van der Waals surface area contributed by atoms with Crippen LogP contribution in [-0.2, 0) is 6.42 Å². The molecule has 1 aromatic carbocycles. The van der Waals surface area contributed by atoms with Gasteiger partial charge in [0.05, 0.1) is 6.04 Å². The number of benzene rings is 1. The zero-order valence-electron chi connectivity index (χ0n) is 8.03. The first-order valence-electron chi connectivity index (χ1n) is 4.73. The first-order valence-corrected chi connectivity index (χ1v) is 4.73. The van der Waals surface area contributed by atoms with Gasteiger partial charge in [-0.15, -0.1) is 0 Å². The lowest BCUT2D eigenvalue weighted by atomic mass is 10.1. The molecule has 0 fully saturated rings. The third kappa shape index (κ3) is 3.83. The third-order valence-corrected chi connectivity index (χ3v) is 2.15. The van der Waals surface area contributed by atoms with Crippen molar-refractivity contribution in [2.75, 3.05) is 0 Å². The molecular weight excluding hydrogens is 160 g/mol. The third-order valence-electron chi connectivity index (χ3n) is 2.15. The van der Waals surface area contributed by atoms with Gasteiger partial charge in [0.15, 0.2) is 0 Å². The van der Waals surface area contributed by atoms with Crippen LogP contribution in [0.3, 0.4) is 0 Å². The molecule has 0 saturated carbocycles. The monoisotopic (exact) mass is 176 g/mol. The van der Waals surface area contributed by atoms with E-state index in [2.05, 4.69) is 29.4 Å². The lowest BCUT2D eigenvalue weighted by molar-refractivity contribution is 0.592. The van der Waals surface area contributed by atoms with Crippen LogP contribution >= 0.6 is 0 Å². The molecule has 0 heterocycles. The Morgan fingerprint density at radius 2 is 2.00 bits per heavy atom. The Bertz CT molecular complexity index is 244. The molecule has 0 spiro atoms. The Balaban J connectivity index is 2.24. The second-order valence-electron chi connectivity index (χ2n) is 3.36. The number of nitrogens with zero attached hydrogens (tertiary/aromatic N) is 1. The Morgan fingerprint density at radius 3 is 2.62 bits per heavy atom. The van der Waals surface area contributed by atoms with Crippen molar-refractivity contribution in [3.05, 3.63) is 35.9 Å². The summed E-state index contributed by atoms with van der Waals surface area (Å²) in [5.41, 5.74) is 8.19. The molecule has 0 aliphatic heterocycles. The van der Waals surface area contributed by atoms with Crippen molar-refractivity contribution in [3.63, 3.8) is 0 Å². The van der Waals surface area contributed by atoms with E-state index in [0.717, 1.165) is 19.3 Å². The molecule has 0 aromatic heterocycles. The predicted molar refractivity (Wildman–Crippen MR) is 54.0 cm³/mol. The number of rotatable bonds is 5. The molecule has 1 rings (SSSR count). The Labute approximate surface area is 79.5 Å². The quantitative estimate of drug-likeness (QED) is 0.667. The summed E-state index contributed by atoms with van der Waals surface area (Å²) in [4.78, 5) is 0. The smallest absolute Gasteiger partial charge is 0.0677 e. The minimum Gasteiger partial charge on any atom is -0.210 e. The van der Waals surface area contributed by atoms with Crippen LogP contribution in [0, 0.1) is 5.53 Å². The molecule has 1 aromatic rings. The summed E-state index contributed by atoms with van der Waals surface area (Å²) in [6.07, 6.45) is 3.23. The second kappa shape index (κ2) is 5.46. The zero-order valence-corrected chi connectivity index (χ0v) is 8.03. The number of aryl methyl sites for hydroxylation is 1. The van der Waals surface area contributed by atoms with E-state index < -0.39 is 0 Å². The first kappa shape index (κ1) is 9.90. The molecular formula is C11H16N2. The minimum absolute atomic E-state index is 0.184. The maximum Gasteiger partial charge on any atom is 0.0677 e. The highest BCUT2D eigenvalue weighted by Gasteiger charge is 1.98. The summed E-state index contributed by atoms with van der Waals surface area (Å²) in [6, 6.07) is 10.6. The van der Waals surface area contributed by atoms with E-state index in [-0.39, 0.29) is 6.04 Å². The number of hydrogen-bond donors (Lipinski definition) is 1. The van der Waals surface area contributed by atoms with Gasteiger partial charge in [-0.05, 0) is 31.7 Å². The highest BCUT2D eigenvalue weighted by Crippen LogP contribution is 2.07. The van der Waals surface area contributed by atoms with Crippen LogP contribution in [0.1, 0.15) is 25.3 Å². The molecule has 0 aliphatic carbocycles. The van der Waals surface area contributed by atoms with Gasteiger partial charge in [0.2, 0.25) is 0 Å². The van der Waals surface area contributed by atoms with E-state index >= 15 is 0 Å². The SMILES string of the molecule is CC(CCCc1ccccc1)N=N. The van der Waals surface area contributed by atoms with Crippen molar-refractivity contribution in [3.8, 4) is 0 Å². The summed E-state index contributed by atoms with van der Waals surface area (Å²) >= 11 is 0. The molecule has 0 saturated heterocycles. The van der Waals surface area contributed by atoms with Gasteiger partial charge in [-0.1, -0.05) is 30.3 Å². The van der Waals surface area contributed by atoms with Crippen LogP contribution in [0.15, 0.2) is 35.4 Å². The largest absolute Gasteiger partial charge is 0.210 e. The molecule has 13 heavy (non-hydrogen) atoms. The summed E-state index contributed by atoms with van der Waals surface area (Å²) in [6.45, 7) is 1.98. The summed E-state index contributed by atoms with van der Waals surface area (Å²) < 4.78 is 0. The molecule has 1 N–H and O–H groups in total. The average Bonchev–Trinajstić information content (AvgIpc) is 2.19. The standard InChI is InChI=1S/C11H16N2/c1-10(13-12)6-5-9-11-7-3-2-4-8-11/h2-4,7-8,10,12H,5-6,9H2,1H3. The highest BCUT2D eigenvalue weighted by molar-refractivity contribution is 5.14. The predicted octanol–water partition coefficient (Wildman–Crippen LogP) is 3.43. The maximum atomic E-state index is 6.82. The molecule has 0 amide bonds. The van der Waals surface area contributed by atoms with Crippen molar-refractivity contribution in [1.82, 2.24) is 0 Å². The van der Waals surface area contributed by atoms with Gasteiger partial charge in [0.25, 0.3) is 0 Å². The molecule has 1 unspecified atom stereocenters. The van der Waals surface area contributed by atoms with E-state index in [9.17, 15) is 0 Å². The van der Waals surface area contributed by atoms with Crippen molar-refractivity contribution in [2.45, 2.75) is 32.2 Å². The lowest BCUT2D eigenvalue weighted by Gasteiger charge is -2.03. The van der Waals surface area contributed by atoms with Crippen molar-refractivity contribution in [1.29, 1.82) is 5.53 Å². The summed E-state index contributed by atoms with van der Waals surface area (Å²) in [5.74, 6) is 0. The van der Waals surface area contributed by atoms with Crippen LogP contribution in [0.5, 0.6) is 0 Å². The van der Waals surface area contributed by atoms with Crippen LogP contribution in [0.4, 0.5) is 0 Å². The van der Waals surface area contributed by atoms with Crippen molar-refractivity contribution in [2.24, 2.45) is 5.11 Å². The normalized spacial score (nSPS) is 12.4. The van der Waals surface area contributed by atoms with Crippen LogP contribution < -0.4 is 0 Å². The molecule has 0 radical (unpaired) electrons. The van der Waals surface area contributed by atoms with Crippen molar-refractivity contribution >= 4 is 0 Å². The van der Waals surface area contributed by atoms with Gasteiger partial charge in [0, 0.05) is 0 Å². The summed E-state index contributed by atoms with van der Waals surface area (Å²) in [7, 11) is 0. The first-order chi connectivity index (χ1) is 6.33. The minimum atomic E-state index is 0.184. The molecule has 2 nitrogen and oxygen atoms in total. The Kier molecular flexibility index (Phi) is 4.16. The fraction of sp³-hybridized carbons (Fsp3) is 0.455. The maximum absolute atomic E-state index is 6.82. The van der Waals surface area contributed by atoms with E-state index in [1.54, 1.807) is 0 Å². The van der Waals surface area contributed by atoms with Gasteiger partial charge in [-0.3, -0.25) is 0 Å². The summed E-state index contributed by atoms with van der Waals surface area (Å²) in [5, 5.41) is 3.47. The molecule has 1 atom stereocenters. The zero-order chi connectivity index (χ0) is 9.52. The van der Waals surface area contributed by atoms with Crippen LogP contribution in [0.2, 0.25) is 0 Å². The van der Waals surface area contributed by atoms with Gasteiger partial charge in [0.1, 0.15) is 0 Å². The molecule has 0 bridgehead atoms. The average molecular weight is 176 g/mol. The molecule has 0 aliphatic rings. The second-order valence-corrected chi connectivity index (χ2v) is 3.36. The topological polar surface area (TPSA) is 36.2 Å². The van der Waals surface area contributed by atoms with E-state index in [1.165, 1.54) is 5.56 Å². The van der Waals surface area contributed by atoms with E-state index in [0.29, 0.717) is 0 Å². The van der Waals surface area contributed by atoms with Crippen LogP contribution in [-0.4, -0.2) is 6.04 Å². The lowest BCUT2D eigenvalue weighted by Crippen LogP contribution is -1.97. The van der Waals surface area contributed by atoms with Gasteiger partial charge >= 0.3 is 0 Å². The van der Waals surface area contributed by atoms with Crippen molar-refractivity contribution < 1.29 is 0 Å². The number of nitrogens with one attached hydrogen (secondary N) is 1. The van der Waals surface area contributed by atoms with Gasteiger partial charge in [-0.2, -0.15) is 5.11 Å². The number of hydrogen-bond acceptors (Lipinski definition) is 2. The molecule has 2 heteroatoms. The van der Waals surface area contributed by atoms with E-state index in [4.69, 9.17) is 5.53 Å². The van der Waals surface area contributed by atoms with E-state index in [1.807, 2.05) is 13.0 Å². The van der Waals surface area contributed by atoms with Gasteiger partial charge in [-0.25, -0.2) is 5.53 Å². The highest BCUT2D eigenvalue weighted by atomic mass is 15.0. The fourth-order valence-corrected chi connectivity index (χ4v) is 1.31. The molecule has 70 valence electrons. The van der Waals surface area contributed by atoms with Crippen LogP contribution in [0.25, 0.3) is 0 Å². The Hall–Kier alpha value is -1.18. The fourth-order valence-electron chi connectivity index (χ4n) is 1.31.